The standard InChI is InChI=1S/C18H12S3/c1-9-3-13-5-11-8-16-14(6-12(11)7-15(13)19-9)18-17(21-16)4-10(2)20-18/h3-8H,1-2H3. The zero-order valence-corrected chi connectivity index (χ0v) is 14.1. The summed E-state index contributed by atoms with van der Waals surface area (Å²) in [6, 6.07) is 14.0. The Labute approximate surface area is 134 Å². The molecule has 0 nitrogen and oxygen atoms in total. The molecule has 0 saturated heterocycles. The smallest absolute Gasteiger partial charge is 0.0532 e. The van der Waals surface area contributed by atoms with Crippen molar-refractivity contribution in [1.29, 1.82) is 0 Å². The van der Waals surface area contributed by atoms with Gasteiger partial charge in [0, 0.05) is 29.2 Å². The summed E-state index contributed by atoms with van der Waals surface area (Å²) in [6.45, 7) is 4.38. The fourth-order valence-corrected chi connectivity index (χ4v) is 6.50. The summed E-state index contributed by atoms with van der Waals surface area (Å²) < 4.78 is 5.69. The van der Waals surface area contributed by atoms with Gasteiger partial charge in [0.05, 0.1) is 4.70 Å². The maximum Gasteiger partial charge on any atom is 0.0532 e. The fourth-order valence-electron chi connectivity index (χ4n) is 3.08. The molecule has 5 aromatic rings. The van der Waals surface area contributed by atoms with E-state index in [1.165, 1.54) is 50.1 Å². The number of hydrogen-bond acceptors (Lipinski definition) is 3. The third-order valence-corrected chi connectivity index (χ3v) is 7.31. The van der Waals surface area contributed by atoms with Crippen LogP contribution in [0.1, 0.15) is 9.75 Å². The molecule has 5 rings (SSSR count). The van der Waals surface area contributed by atoms with Crippen LogP contribution in [0.3, 0.4) is 0 Å². The Morgan fingerprint density at radius 1 is 0.571 bits per heavy atom. The Kier molecular flexibility index (Phi) is 2.35. The van der Waals surface area contributed by atoms with Crippen LogP contribution in [0.15, 0.2) is 36.4 Å². The number of rotatable bonds is 0. The molecule has 0 amide bonds. The Morgan fingerprint density at radius 3 is 2.24 bits per heavy atom. The lowest BCUT2D eigenvalue weighted by atomic mass is 10.1. The van der Waals surface area contributed by atoms with E-state index >= 15 is 0 Å². The third-order valence-electron chi connectivity index (χ3n) is 3.98. The summed E-state index contributed by atoms with van der Waals surface area (Å²) in [5, 5.41) is 5.52. The summed E-state index contributed by atoms with van der Waals surface area (Å²) in [5.74, 6) is 0. The minimum Gasteiger partial charge on any atom is -0.141 e. The Bertz CT molecular complexity index is 1140. The van der Waals surface area contributed by atoms with Crippen molar-refractivity contribution in [2.45, 2.75) is 13.8 Å². The van der Waals surface area contributed by atoms with Crippen LogP contribution in [0.5, 0.6) is 0 Å². The summed E-state index contributed by atoms with van der Waals surface area (Å²) >= 11 is 5.73. The lowest BCUT2D eigenvalue weighted by Gasteiger charge is -1.99. The van der Waals surface area contributed by atoms with E-state index in [1.54, 1.807) is 0 Å². The molecule has 3 aromatic heterocycles. The van der Waals surface area contributed by atoms with Crippen LogP contribution in [0.4, 0.5) is 0 Å². The highest BCUT2D eigenvalue weighted by atomic mass is 32.1. The Hall–Kier alpha value is -1.42. The van der Waals surface area contributed by atoms with Gasteiger partial charge in [0.15, 0.2) is 0 Å². The van der Waals surface area contributed by atoms with Gasteiger partial charge >= 0.3 is 0 Å². The molecule has 2 aromatic carbocycles. The molecule has 102 valence electrons. The Balaban J connectivity index is 1.96. The predicted molar refractivity (Wildman–Crippen MR) is 99.6 cm³/mol. The quantitative estimate of drug-likeness (QED) is 0.285. The molecule has 3 heterocycles. The number of benzene rings is 2. The maximum absolute atomic E-state index is 2.38. The highest BCUT2D eigenvalue weighted by molar-refractivity contribution is 7.32. The second kappa shape index (κ2) is 4.07. The van der Waals surface area contributed by atoms with Gasteiger partial charge in [0.2, 0.25) is 0 Å². The van der Waals surface area contributed by atoms with E-state index in [4.69, 9.17) is 0 Å². The number of fused-ring (bicyclic) bond motifs is 5. The Morgan fingerprint density at radius 2 is 1.33 bits per heavy atom. The van der Waals surface area contributed by atoms with Crippen molar-refractivity contribution in [3.8, 4) is 0 Å². The van der Waals surface area contributed by atoms with E-state index in [9.17, 15) is 0 Å². The van der Waals surface area contributed by atoms with Gasteiger partial charge in [-0.2, -0.15) is 0 Å². The van der Waals surface area contributed by atoms with Gasteiger partial charge in [0.1, 0.15) is 0 Å². The first-order valence-corrected chi connectivity index (χ1v) is 9.39. The average Bonchev–Trinajstić information content (AvgIpc) is 3.04. The monoisotopic (exact) mass is 324 g/mol. The summed E-state index contributed by atoms with van der Waals surface area (Å²) in [4.78, 5) is 2.79. The molecule has 0 aliphatic rings. The molecule has 3 heteroatoms. The zero-order valence-electron chi connectivity index (χ0n) is 11.7. The molecule has 0 aliphatic carbocycles. The van der Waals surface area contributed by atoms with Crippen molar-refractivity contribution < 1.29 is 0 Å². The molecule has 0 saturated carbocycles. The zero-order chi connectivity index (χ0) is 14.1. The van der Waals surface area contributed by atoms with Crippen molar-refractivity contribution in [3.05, 3.63) is 46.2 Å². The second-order valence-corrected chi connectivity index (χ2v) is 9.22. The van der Waals surface area contributed by atoms with Crippen LogP contribution in [0.25, 0.3) is 40.3 Å². The topological polar surface area (TPSA) is 0 Å². The first-order valence-electron chi connectivity index (χ1n) is 6.94. The van der Waals surface area contributed by atoms with Crippen LogP contribution in [0.2, 0.25) is 0 Å². The number of thiophene rings is 3. The van der Waals surface area contributed by atoms with Crippen LogP contribution >= 0.6 is 34.0 Å². The minimum atomic E-state index is 1.36. The van der Waals surface area contributed by atoms with Crippen LogP contribution in [-0.4, -0.2) is 0 Å². The van der Waals surface area contributed by atoms with Crippen LogP contribution in [0, 0.1) is 13.8 Å². The molecule has 0 fully saturated rings. The lowest BCUT2D eigenvalue weighted by Crippen LogP contribution is -1.72. The molecular weight excluding hydrogens is 312 g/mol. The third kappa shape index (κ3) is 1.71. The first-order chi connectivity index (χ1) is 10.2. The molecule has 0 bridgehead atoms. The van der Waals surface area contributed by atoms with Gasteiger partial charge < -0.3 is 0 Å². The van der Waals surface area contributed by atoms with Crippen molar-refractivity contribution in [2.75, 3.05) is 0 Å². The molecule has 0 radical (unpaired) electrons. The SMILES string of the molecule is Cc1cc2cc3cc4sc5cc(C)sc5c4cc3cc2s1. The van der Waals surface area contributed by atoms with Crippen molar-refractivity contribution in [2.24, 2.45) is 0 Å². The van der Waals surface area contributed by atoms with Crippen LogP contribution in [-0.2, 0) is 0 Å². The first kappa shape index (κ1) is 12.2. The minimum absolute atomic E-state index is 1.36. The van der Waals surface area contributed by atoms with Gasteiger partial charge in [-0.25, -0.2) is 0 Å². The summed E-state index contributed by atoms with van der Waals surface area (Å²) in [5.41, 5.74) is 0. The van der Waals surface area contributed by atoms with Gasteiger partial charge in [-0.1, -0.05) is 0 Å². The molecule has 0 aliphatic heterocycles. The van der Waals surface area contributed by atoms with E-state index in [-0.39, 0.29) is 0 Å². The molecule has 0 unspecified atom stereocenters. The van der Waals surface area contributed by atoms with Gasteiger partial charge in [-0.3, -0.25) is 0 Å². The van der Waals surface area contributed by atoms with E-state index in [0.717, 1.165) is 0 Å². The second-order valence-electron chi connectivity index (χ2n) is 5.60. The van der Waals surface area contributed by atoms with Gasteiger partial charge in [-0.05, 0) is 66.4 Å². The molecule has 21 heavy (non-hydrogen) atoms. The highest BCUT2D eigenvalue weighted by Gasteiger charge is 2.10. The van der Waals surface area contributed by atoms with Gasteiger partial charge in [-0.15, -0.1) is 34.0 Å². The highest BCUT2D eigenvalue weighted by Crippen LogP contribution is 2.41. The summed E-state index contributed by atoms with van der Waals surface area (Å²) in [6.07, 6.45) is 0. The van der Waals surface area contributed by atoms with Gasteiger partial charge in [0.25, 0.3) is 0 Å². The van der Waals surface area contributed by atoms with Crippen molar-refractivity contribution in [3.63, 3.8) is 0 Å². The van der Waals surface area contributed by atoms with Crippen LogP contribution < -0.4 is 0 Å². The predicted octanol–water partition coefficient (Wildman–Crippen LogP) is 7.10. The average molecular weight is 324 g/mol. The van der Waals surface area contributed by atoms with E-state index in [1.807, 2.05) is 34.0 Å². The lowest BCUT2D eigenvalue weighted by molar-refractivity contribution is 1.66. The molecular formula is C18H12S3. The number of aryl methyl sites for hydroxylation is 2. The van der Waals surface area contributed by atoms with E-state index in [0.29, 0.717) is 0 Å². The van der Waals surface area contributed by atoms with E-state index in [2.05, 4.69) is 50.2 Å². The normalized spacial score (nSPS) is 12.3. The van der Waals surface area contributed by atoms with Crippen molar-refractivity contribution >= 4 is 74.4 Å². The molecule has 0 spiro atoms. The van der Waals surface area contributed by atoms with Crippen molar-refractivity contribution in [1.82, 2.24) is 0 Å². The molecule has 0 N–H and O–H groups in total. The molecule has 0 atom stereocenters. The summed E-state index contributed by atoms with van der Waals surface area (Å²) in [7, 11) is 0. The maximum atomic E-state index is 2.38. The van der Waals surface area contributed by atoms with E-state index < -0.39 is 0 Å². The largest absolute Gasteiger partial charge is 0.141 e. The number of hydrogen-bond donors (Lipinski definition) is 0. The fraction of sp³-hybridized carbons (Fsp3) is 0.111.